The fourth-order valence-corrected chi connectivity index (χ4v) is 2.74. The summed E-state index contributed by atoms with van der Waals surface area (Å²) in [5.74, 6) is -0.575. The summed E-state index contributed by atoms with van der Waals surface area (Å²) in [5.41, 5.74) is 0.584. The van der Waals surface area contributed by atoms with Crippen LogP contribution in [0, 0.1) is 0 Å². The van der Waals surface area contributed by atoms with Gasteiger partial charge < -0.3 is 14.2 Å². The highest BCUT2D eigenvalue weighted by Crippen LogP contribution is 2.31. The summed E-state index contributed by atoms with van der Waals surface area (Å²) in [4.78, 5) is 12.0. The van der Waals surface area contributed by atoms with E-state index in [0.717, 1.165) is 6.26 Å². The van der Waals surface area contributed by atoms with E-state index in [4.69, 9.17) is 26.4 Å². The molecule has 1 saturated heterocycles. The molecule has 2 atom stereocenters. The Kier molecular flexibility index (Phi) is 4.48. The Morgan fingerprint density at radius 2 is 1.90 bits per heavy atom. The van der Waals surface area contributed by atoms with Crippen molar-refractivity contribution in [1.82, 2.24) is 0 Å². The van der Waals surface area contributed by atoms with E-state index in [2.05, 4.69) is 0 Å². The summed E-state index contributed by atoms with van der Waals surface area (Å²) in [5, 5.41) is -0.134. The molecule has 1 aromatic carbocycles. The van der Waals surface area contributed by atoms with Gasteiger partial charge >= 0.3 is 11.2 Å². The lowest BCUT2D eigenvalue weighted by Gasteiger charge is -2.15. The van der Waals surface area contributed by atoms with Crippen LogP contribution in [0.2, 0.25) is 0 Å². The van der Waals surface area contributed by atoms with Crippen LogP contribution in [0.25, 0.3) is 0 Å². The standard InChI is InChI=1S/C13H14O6S2/c1-3-17-12(14)11-10(18-13(20)19-11)8-4-6-9(7-5-8)21(2,15)16/h4-7,10-11H,3H2,1-2H3. The first-order valence-corrected chi connectivity index (χ1v) is 8.47. The topological polar surface area (TPSA) is 78.9 Å². The molecule has 0 aliphatic carbocycles. The number of esters is 1. The molecule has 0 N–H and O–H groups in total. The zero-order chi connectivity index (χ0) is 15.6. The van der Waals surface area contributed by atoms with Crippen LogP contribution in [0.5, 0.6) is 0 Å². The predicted octanol–water partition coefficient (Wildman–Crippen LogP) is 1.39. The maximum atomic E-state index is 11.8. The van der Waals surface area contributed by atoms with Crippen LogP contribution in [-0.4, -0.2) is 38.6 Å². The summed E-state index contributed by atoms with van der Waals surface area (Å²) in [6.07, 6.45) is -0.611. The smallest absolute Gasteiger partial charge is 0.354 e. The molecule has 0 saturated carbocycles. The third-order valence-corrected chi connectivity index (χ3v) is 4.20. The van der Waals surface area contributed by atoms with E-state index < -0.39 is 28.0 Å². The lowest BCUT2D eigenvalue weighted by molar-refractivity contribution is -0.152. The fraction of sp³-hybridized carbons (Fsp3) is 0.385. The second-order valence-corrected chi connectivity index (χ2v) is 6.77. The monoisotopic (exact) mass is 330 g/mol. The minimum atomic E-state index is -3.28. The minimum Gasteiger partial charge on any atom is -0.463 e. The van der Waals surface area contributed by atoms with E-state index in [1.807, 2.05) is 0 Å². The molecular formula is C13H14O6S2. The lowest BCUT2D eigenvalue weighted by atomic mass is 10.0. The van der Waals surface area contributed by atoms with Gasteiger partial charge in [0.1, 0.15) is 0 Å². The molecule has 21 heavy (non-hydrogen) atoms. The van der Waals surface area contributed by atoms with Gasteiger partial charge in [-0.05, 0) is 24.6 Å². The van der Waals surface area contributed by atoms with Crippen LogP contribution >= 0.6 is 12.2 Å². The Morgan fingerprint density at radius 1 is 1.29 bits per heavy atom. The Hall–Kier alpha value is -1.67. The third kappa shape index (κ3) is 3.51. The fourth-order valence-electron chi connectivity index (χ4n) is 1.90. The summed E-state index contributed by atoms with van der Waals surface area (Å²) >= 11 is 4.81. The predicted molar refractivity (Wildman–Crippen MR) is 77.5 cm³/mol. The number of carbonyl (C=O) groups is 1. The first kappa shape index (κ1) is 15.7. The number of benzene rings is 1. The Bertz CT molecular complexity index is 650. The lowest BCUT2D eigenvalue weighted by Crippen LogP contribution is -2.28. The van der Waals surface area contributed by atoms with Crippen molar-refractivity contribution in [2.45, 2.75) is 24.0 Å². The SMILES string of the molecule is CCOC(=O)C1OC(=S)OC1c1ccc(S(C)(=O)=O)cc1. The number of hydrogen-bond donors (Lipinski definition) is 0. The number of carbonyl (C=O) groups excluding carboxylic acids is 1. The maximum absolute atomic E-state index is 11.8. The van der Waals surface area contributed by atoms with Crippen molar-refractivity contribution < 1.29 is 27.4 Å². The van der Waals surface area contributed by atoms with Crippen molar-refractivity contribution in [2.24, 2.45) is 0 Å². The zero-order valence-corrected chi connectivity index (χ0v) is 13.1. The van der Waals surface area contributed by atoms with Crippen molar-refractivity contribution in [3.05, 3.63) is 29.8 Å². The van der Waals surface area contributed by atoms with Gasteiger partial charge in [-0.2, -0.15) is 0 Å². The van der Waals surface area contributed by atoms with Crippen LogP contribution < -0.4 is 0 Å². The highest BCUT2D eigenvalue weighted by molar-refractivity contribution is 7.90. The van der Waals surface area contributed by atoms with Crippen LogP contribution in [0.15, 0.2) is 29.2 Å². The molecule has 2 unspecified atom stereocenters. The molecule has 1 aliphatic rings. The maximum Gasteiger partial charge on any atom is 0.354 e. The number of thiocarbonyl (C=S) groups is 1. The number of ether oxygens (including phenoxy) is 3. The molecule has 2 rings (SSSR count). The molecule has 1 heterocycles. The average molecular weight is 330 g/mol. The van der Waals surface area contributed by atoms with Crippen molar-refractivity contribution in [1.29, 1.82) is 0 Å². The Morgan fingerprint density at radius 3 is 2.43 bits per heavy atom. The number of rotatable bonds is 4. The number of hydrogen-bond acceptors (Lipinski definition) is 7. The van der Waals surface area contributed by atoms with Gasteiger partial charge in [-0.1, -0.05) is 12.1 Å². The molecular weight excluding hydrogens is 316 g/mol. The normalized spacial score (nSPS) is 21.5. The Labute approximate surface area is 127 Å². The summed E-state index contributed by atoms with van der Waals surface area (Å²) in [6, 6.07) is 6.00. The van der Waals surface area contributed by atoms with Crippen molar-refractivity contribution in [2.75, 3.05) is 12.9 Å². The van der Waals surface area contributed by atoms with E-state index in [0.29, 0.717) is 5.56 Å². The summed E-state index contributed by atoms with van der Waals surface area (Å²) in [6.45, 7) is 1.90. The van der Waals surface area contributed by atoms with Gasteiger partial charge in [0.05, 0.1) is 11.5 Å². The summed E-state index contributed by atoms with van der Waals surface area (Å²) < 4.78 is 38.2. The quantitative estimate of drug-likeness (QED) is 0.610. The van der Waals surface area contributed by atoms with Crippen LogP contribution in [0.4, 0.5) is 0 Å². The molecule has 0 amide bonds. The van der Waals surface area contributed by atoms with E-state index >= 15 is 0 Å². The van der Waals surface area contributed by atoms with Gasteiger partial charge in [-0.25, -0.2) is 13.2 Å². The van der Waals surface area contributed by atoms with Crippen molar-refractivity contribution >= 4 is 33.3 Å². The first-order valence-electron chi connectivity index (χ1n) is 6.17. The van der Waals surface area contributed by atoms with E-state index in [1.165, 1.54) is 12.1 Å². The largest absolute Gasteiger partial charge is 0.463 e. The second-order valence-electron chi connectivity index (χ2n) is 4.42. The zero-order valence-electron chi connectivity index (χ0n) is 11.4. The highest BCUT2D eigenvalue weighted by atomic mass is 32.2. The number of sulfone groups is 1. The van der Waals surface area contributed by atoms with Crippen LogP contribution in [0.1, 0.15) is 18.6 Å². The molecule has 0 spiro atoms. The molecule has 114 valence electrons. The minimum absolute atomic E-state index is 0.134. The van der Waals surface area contributed by atoms with Gasteiger partial charge in [-0.3, -0.25) is 0 Å². The average Bonchev–Trinajstić information content (AvgIpc) is 2.80. The third-order valence-electron chi connectivity index (χ3n) is 2.88. The Balaban J connectivity index is 2.27. The second kappa shape index (κ2) is 5.98. The van der Waals surface area contributed by atoms with Gasteiger partial charge in [0.2, 0.25) is 6.10 Å². The van der Waals surface area contributed by atoms with Gasteiger partial charge in [0.25, 0.3) is 0 Å². The highest BCUT2D eigenvalue weighted by Gasteiger charge is 2.42. The van der Waals surface area contributed by atoms with E-state index in [9.17, 15) is 13.2 Å². The van der Waals surface area contributed by atoms with Crippen molar-refractivity contribution in [3.63, 3.8) is 0 Å². The van der Waals surface area contributed by atoms with Crippen LogP contribution in [0.3, 0.4) is 0 Å². The summed E-state index contributed by atoms with van der Waals surface area (Å²) in [7, 11) is -3.28. The first-order chi connectivity index (χ1) is 9.82. The molecule has 1 aromatic rings. The van der Waals surface area contributed by atoms with Gasteiger partial charge in [-0.15, -0.1) is 0 Å². The molecule has 6 nitrogen and oxygen atoms in total. The van der Waals surface area contributed by atoms with Crippen molar-refractivity contribution in [3.8, 4) is 0 Å². The van der Waals surface area contributed by atoms with Gasteiger partial charge in [0.15, 0.2) is 15.9 Å². The molecule has 8 heteroatoms. The molecule has 0 bridgehead atoms. The van der Waals surface area contributed by atoms with E-state index in [1.54, 1.807) is 19.1 Å². The molecule has 1 fully saturated rings. The van der Waals surface area contributed by atoms with E-state index in [-0.39, 0.29) is 16.7 Å². The molecule has 1 aliphatic heterocycles. The molecule has 0 aromatic heterocycles. The van der Waals surface area contributed by atoms with Gasteiger partial charge in [0, 0.05) is 18.5 Å². The van der Waals surface area contributed by atoms with Crippen LogP contribution in [-0.2, 0) is 28.8 Å². The molecule has 0 radical (unpaired) electrons.